The number of aromatic amines is 1. The van der Waals surface area contributed by atoms with Gasteiger partial charge >= 0.3 is 6.18 Å². The third-order valence-electron chi connectivity index (χ3n) is 4.97. The van der Waals surface area contributed by atoms with E-state index in [-0.39, 0.29) is 17.5 Å². The molecule has 1 aliphatic rings. The highest BCUT2D eigenvalue weighted by Crippen LogP contribution is 2.37. The minimum Gasteiger partial charge on any atom is -0.345 e. The quantitative estimate of drug-likeness (QED) is 0.800. The zero-order valence-corrected chi connectivity index (χ0v) is 15.2. The molecule has 8 heteroatoms. The van der Waals surface area contributed by atoms with Gasteiger partial charge in [-0.1, -0.05) is 31.0 Å². The van der Waals surface area contributed by atoms with Crippen molar-refractivity contribution < 1.29 is 18.0 Å². The minimum atomic E-state index is -4.68. The fraction of sp³-hybridized carbons (Fsp3) is 0.368. The second-order valence-corrected chi connectivity index (χ2v) is 7.05. The molecule has 1 aromatic carbocycles. The highest BCUT2D eigenvalue weighted by molar-refractivity contribution is 6.30. The molecule has 0 saturated heterocycles. The first kappa shape index (κ1) is 19.5. The van der Waals surface area contributed by atoms with Crippen LogP contribution in [-0.2, 0) is 12.6 Å². The van der Waals surface area contributed by atoms with Crippen molar-refractivity contribution in [2.75, 3.05) is 0 Å². The van der Waals surface area contributed by atoms with E-state index in [2.05, 4.69) is 5.32 Å². The second-order valence-electron chi connectivity index (χ2n) is 6.61. The molecule has 2 atom stereocenters. The Bertz CT molecular complexity index is 924. The summed E-state index contributed by atoms with van der Waals surface area (Å²) >= 11 is 6.04. The van der Waals surface area contributed by atoms with Crippen molar-refractivity contribution >= 4 is 17.5 Å². The molecule has 2 unspecified atom stereocenters. The fourth-order valence-electron chi connectivity index (χ4n) is 3.53. The van der Waals surface area contributed by atoms with Gasteiger partial charge in [0.05, 0.1) is 6.04 Å². The number of H-pyrrole nitrogens is 1. The lowest BCUT2D eigenvalue weighted by Gasteiger charge is -2.34. The van der Waals surface area contributed by atoms with Gasteiger partial charge in [0, 0.05) is 5.02 Å². The summed E-state index contributed by atoms with van der Waals surface area (Å²) in [4.78, 5) is 26.3. The van der Waals surface area contributed by atoms with Crippen molar-refractivity contribution in [3.63, 3.8) is 0 Å². The van der Waals surface area contributed by atoms with E-state index in [0.717, 1.165) is 36.5 Å². The van der Waals surface area contributed by atoms with E-state index in [0.29, 0.717) is 11.1 Å². The van der Waals surface area contributed by atoms with Crippen LogP contribution in [0.5, 0.6) is 0 Å². The fourth-order valence-corrected chi connectivity index (χ4v) is 3.72. The SMILES string of the molecule is CCC1CCc2cc(Cl)ccc2C1NC(=O)c1ccc(C(F)(F)F)[nH]c1=O. The van der Waals surface area contributed by atoms with Crippen LogP contribution in [0.15, 0.2) is 35.1 Å². The molecule has 0 fully saturated rings. The van der Waals surface area contributed by atoms with Crippen LogP contribution in [0.1, 0.15) is 53.0 Å². The zero-order valence-electron chi connectivity index (χ0n) is 14.5. The van der Waals surface area contributed by atoms with E-state index < -0.39 is 23.3 Å². The maximum absolute atomic E-state index is 12.7. The maximum Gasteiger partial charge on any atom is 0.431 e. The molecular formula is C19H18ClF3N2O2. The number of aryl methyl sites for hydroxylation is 1. The average Bonchev–Trinajstić information content (AvgIpc) is 2.60. The Kier molecular flexibility index (Phi) is 5.33. The number of benzene rings is 1. The first-order valence-electron chi connectivity index (χ1n) is 8.60. The first-order chi connectivity index (χ1) is 12.7. The van der Waals surface area contributed by atoms with Crippen LogP contribution in [0.2, 0.25) is 5.02 Å². The highest BCUT2D eigenvalue weighted by atomic mass is 35.5. The molecule has 0 spiro atoms. The highest BCUT2D eigenvalue weighted by Gasteiger charge is 2.33. The predicted octanol–water partition coefficient (Wildman–Crippen LogP) is 4.49. The van der Waals surface area contributed by atoms with Crippen molar-refractivity contribution in [1.82, 2.24) is 10.3 Å². The molecule has 0 radical (unpaired) electrons. The standard InChI is InChI=1S/C19H18ClF3N2O2/c1-2-10-3-4-11-9-12(20)5-6-13(11)16(10)25-18(27)14-7-8-15(19(21,22)23)24-17(14)26/h5-10,16H,2-4H2,1H3,(H,24,26)(H,25,27). The average molecular weight is 399 g/mol. The second kappa shape index (κ2) is 7.38. The molecule has 0 aliphatic heterocycles. The Labute approximate surface area is 158 Å². The van der Waals surface area contributed by atoms with Gasteiger partial charge in [-0.05, 0) is 54.2 Å². The van der Waals surface area contributed by atoms with Crippen molar-refractivity contribution in [2.24, 2.45) is 5.92 Å². The molecule has 27 heavy (non-hydrogen) atoms. The number of hydrogen-bond acceptors (Lipinski definition) is 2. The molecule has 1 aliphatic carbocycles. The van der Waals surface area contributed by atoms with E-state index in [9.17, 15) is 22.8 Å². The number of aromatic nitrogens is 1. The van der Waals surface area contributed by atoms with Crippen LogP contribution < -0.4 is 10.9 Å². The maximum atomic E-state index is 12.7. The van der Waals surface area contributed by atoms with Crippen LogP contribution in [-0.4, -0.2) is 10.9 Å². The van der Waals surface area contributed by atoms with E-state index in [1.807, 2.05) is 19.1 Å². The molecule has 1 amide bonds. The Morgan fingerprint density at radius 2 is 2.04 bits per heavy atom. The Morgan fingerprint density at radius 1 is 1.30 bits per heavy atom. The number of alkyl halides is 3. The predicted molar refractivity (Wildman–Crippen MR) is 95.8 cm³/mol. The lowest BCUT2D eigenvalue weighted by molar-refractivity contribution is -0.141. The molecule has 0 saturated carbocycles. The van der Waals surface area contributed by atoms with Crippen molar-refractivity contribution in [1.29, 1.82) is 0 Å². The largest absolute Gasteiger partial charge is 0.431 e. The van der Waals surface area contributed by atoms with Gasteiger partial charge in [-0.15, -0.1) is 0 Å². The number of amides is 1. The number of halogens is 4. The molecule has 2 aromatic rings. The molecule has 4 nitrogen and oxygen atoms in total. The van der Waals surface area contributed by atoms with Crippen molar-refractivity contribution in [3.8, 4) is 0 Å². The summed E-state index contributed by atoms with van der Waals surface area (Å²) in [6.07, 6.45) is -2.18. The third-order valence-corrected chi connectivity index (χ3v) is 5.20. The summed E-state index contributed by atoms with van der Waals surface area (Å²) in [5, 5.41) is 3.43. The molecule has 2 N–H and O–H groups in total. The number of fused-ring (bicyclic) bond motifs is 1. The number of pyridine rings is 1. The summed E-state index contributed by atoms with van der Waals surface area (Å²) in [6.45, 7) is 2.01. The molecule has 0 bridgehead atoms. The van der Waals surface area contributed by atoms with Gasteiger partial charge in [-0.25, -0.2) is 0 Å². The Hall–Kier alpha value is -2.28. The summed E-state index contributed by atoms with van der Waals surface area (Å²) in [7, 11) is 0. The van der Waals surface area contributed by atoms with Crippen LogP contribution >= 0.6 is 11.6 Å². The van der Waals surface area contributed by atoms with Gasteiger partial charge in [0.15, 0.2) is 0 Å². The van der Waals surface area contributed by atoms with E-state index >= 15 is 0 Å². The topological polar surface area (TPSA) is 62.0 Å². The van der Waals surface area contributed by atoms with Gasteiger partial charge in [0.2, 0.25) is 0 Å². The number of rotatable bonds is 3. The lowest BCUT2D eigenvalue weighted by atomic mass is 9.78. The summed E-state index contributed by atoms with van der Waals surface area (Å²) in [5.41, 5.74) is -0.650. The summed E-state index contributed by atoms with van der Waals surface area (Å²) < 4.78 is 38.1. The smallest absolute Gasteiger partial charge is 0.345 e. The number of nitrogens with one attached hydrogen (secondary N) is 2. The van der Waals surface area contributed by atoms with Crippen molar-refractivity contribution in [3.05, 3.63) is 68.1 Å². The molecule has 1 aromatic heterocycles. The number of hydrogen-bond donors (Lipinski definition) is 2. The summed E-state index contributed by atoms with van der Waals surface area (Å²) in [6, 6.07) is 6.72. The molecular weight excluding hydrogens is 381 g/mol. The third kappa shape index (κ3) is 4.03. The Balaban J connectivity index is 1.90. The van der Waals surface area contributed by atoms with Crippen LogP contribution in [0.3, 0.4) is 0 Å². The monoisotopic (exact) mass is 398 g/mol. The number of carbonyl (C=O) groups is 1. The van der Waals surface area contributed by atoms with Gasteiger partial charge in [0.1, 0.15) is 11.3 Å². The zero-order chi connectivity index (χ0) is 19.8. The normalized spacial score (nSPS) is 19.4. The van der Waals surface area contributed by atoms with Gasteiger partial charge in [-0.3, -0.25) is 9.59 Å². The van der Waals surface area contributed by atoms with E-state index in [4.69, 9.17) is 11.6 Å². The molecule has 3 rings (SSSR count). The van der Waals surface area contributed by atoms with Crippen molar-refractivity contribution in [2.45, 2.75) is 38.4 Å². The van der Waals surface area contributed by atoms with Gasteiger partial charge < -0.3 is 10.3 Å². The molecule has 144 valence electrons. The summed E-state index contributed by atoms with van der Waals surface area (Å²) in [5.74, 6) is -0.535. The first-order valence-corrected chi connectivity index (χ1v) is 8.98. The number of carbonyl (C=O) groups excluding carboxylic acids is 1. The van der Waals surface area contributed by atoms with Gasteiger partial charge in [-0.2, -0.15) is 13.2 Å². The van der Waals surface area contributed by atoms with Crippen LogP contribution in [0.25, 0.3) is 0 Å². The lowest BCUT2D eigenvalue weighted by Crippen LogP contribution is -2.38. The van der Waals surface area contributed by atoms with Gasteiger partial charge in [0.25, 0.3) is 11.5 Å². The van der Waals surface area contributed by atoms with E-state index in [1.54, 1.807) is 11.1 Å². The molecule has 1 heterocycles. The minimum absolute atomic E-state index is 0.163. The Morgan fingerprint density at radius 3 is 2.67 bits per heavy atom. The van der Waals surface area contributed by atoms with Crippen LogP contribution in [0.4, 0.5) is 13.2 Å². The van der Waals surface area contributed by atoms with Crippen LogP contribution in [0, 0.1) is 5.92 Å². The van der Waals surface area contributed by atoms with E-state index in [1.165, 1.54) is 0 Å².